The molecule has 2 aromatic rings. The van der Waals surface area contributed by atoms with Crippen molar-refractivity contribution in [2.24, 2.45) is 5.41 Å². The van der Waals surface area contributed by atoms with E-state index in [1.54, 1.807) is 7.11 Å². The summed E-state index contributed by atoms with van der Waals surface area (Å²) < 4.78 is 5.78. The number of nitrogens with zero attached hydrogens (tertiary/aromatic N) is 1. The number of carbonyl (C=O) groups is 1. The van der Waals surface area contributed by atoms with E-state index in [0.717, 1.165) is 10.4 Å². The minimum Gasteiger partial charge on any atom is -0.477 e. The third-order valence-corrected chi connectivity index (χ3v) is 6.35. The van der Waals surface area contributed by atoms with E-state index >= 15 is 0 Å². The third kappa shape index (κ3) is 4.83. The fourth-order valence-corrected chi connectivity index (χ4v) is 4.75. The smallest absolute Gasteiger partial charge is 0.348 e. The lowest BCUT2D eigenvalue weighted by Gasteiger charge is -2.29. The van der Waals surface area contributed by atoms with Crippen LogP contribution < -0.4 is 4.90 Å². The number of ether oxygens (including phenoxy) is 1. The van der Waals surface area contributed by atoms with E-state index in [4.69, 9.17) is 16.3 Å². The lowest BCUT2D eigenvalue weighted by molar-refractivity contribution is 0.0702. The van der Waals surface area contributed by atoms with Crippen LogP contribution in [0.1, 0.15) is 60.6 Å². The molecule has 3 atom stereocenters. The maximum Gasteiger partial charge on any atom is 0.348 e. The molecule has 1 aromatic carbocycles. The number of methoxy groups -OCH3 is 1. The Morgan fingerprint density at radius 3 is 2.40 bits per heavy atom. The van der Waals surface area contributed by atoms with Crippen molar-refractivity contribution in [3.63, 3.8) is 0 Å². The number of anilines is 1. The highest BCUT2D eigenvalue weighted by Crippen LogP contribution is 2.50. The first-order valence-electron chi connectivity index (χ1n) is 10.0. The molecular weight excluding hydrogens is 418 g/mol. The quantitative estimate of drug-likeness (QED) is 0.563. The highest BCUT2D eigenvalue weighted by atomic mass is 35.5. The van der Waals surface area contributed by atoms with Crippen molar-refractivity contribution in [1.82, 2.24) is 0 Å². The van der Waals surface area contributed by atoms with E-state index < -0.39 is 5.97 Å². The number of halogens is 1. The largest absolute Gasteiger partial charge is 0.477 e. The van der Waals surface area contributed by atoms with E-state index in [2.05, 4.69) is 30.6 Å². The summed E-state index contributed by atoms with van der Waals surface area (Å²) in [6.07, 6.45) is -0.0146. The molecule has 1 fully saturated rings. The molecule has 1 aliphatic rings. The Morgan fingerprint density at radius 2 is 1.90 bits per heavy atom. The molecule has 1 N–H and O–H groups in total. The fourth-order valence-electron chi connectivity index (χ4n) is 3.78. The van der Waals surface area contributed by atoms with E-state index in [1.807, 2.05) is 51.1 Å². The normalized spacial score (nSPS) is 20.6. The first-order valence-corrected chi connectivity index (χ1v) is 11.2. The summed E-state index contributed by atoms with van der Waals surface area (Å²) in [5.41, 5.74) is 1.70. The van der Waals surface area contributed by atoms with Crippen molar-refractivity contribution in [2.75, 3.05) is 12.0 Å². The summed E-state index contributed by atoms with van der Waals surface area (Å²) in [7, 11) is 1.71. The summed E-state index contributed by atoms with van der Waals surface area (Å²) in [4.78, 5) is 15.3. The van der Waals surface area contributed by atoms with Gasteiger partial charge in [0.25, 0.3) is 0 Å². The number of aromatic carboxylic acids is 1. The Bertz CT molecular complexity index is 979. The number of hydrogen-bond donors (Lipinski definition) is 1. The molecule has 0 radical (unpaired) electrons. The zero-order valence-corrected chi connectivity index (χ0v) is 19.8. The number of thiophene rings is 1. The Kier molecular flexibility index (Phi) is 6.52. The van der Waals surface area contributed by atoms with E-state index in [-0.39, 0.29) is 29.5 Å². The van der Waals surface area contributed by atoms with E-state index in [0.29, 0.717) is 15.6 Å². The molecule has 6 heteroatoms. The summed E-state index contributed by atoms with van der Waals surface area (Å²) in [5.74, 6) is 5.59. The lowest BCUT2D eigenvalue weighted by atomic mass is 9.98. The monoisotopic (exact) mass is 445 g/mol. The van der Waals surface area contributed by atoms with Gasteiger partial charge in [0.1, 0.15) is 4.88 Å². The molecule has 1 aliphatic carbocycles. The zero-order valence-electron chi connectivity index (χ0n) is 18.2. The van der Waals surface area contributed by atoms with Crippen molar-refractivity contribution in [3.05, 3.63) is 50.7 Å². The van der Waals surface area contributed by atoms with E-state index in [1.165, 1.54) is 11.3 Å². The van der Waals surface area contributed by atoms with Crippen LogP contribution >= 0.6 is 22.9 Å². The predicted octanol–water partition coefficient (Wildman–Crippen LogP) is 5.89. The molecule has 0 aliphatic heterocycles. The molecule has 1 saturated carbocycles. The third-order valence-electron chi connectivity index (χ3n) is 5.07. The Balaban J connectivity index is 2.02. The van der Waals surface area contributed by atoms with Crippen LogP contribution in [0.15, 0.2) is 30.3 Å². The summed E-state index contributed by atoms with van der Waals surface area (Å²) in [6, 6.07) is 9.86. The van der Waals surface area contributed by atoms with Crippen molar-refractivity contribution in [1.29, 1.82) is 0 Å². The van der Waals surface area contributed by atoms with Crippen LogP contribution in [0.25, 0.3) is 0 Å². The number of rotatable bonds is 6. The van der Waals surface area contributed by atoms with Gasteiger partial charge in [0, 0.05) is 29.5 Å². The molecule has 0 saturated heterocycles. The van der Waals surface area contributed by atoms with Crippen LogP contribution in [0.3, 0.4) is 0 Å². The van der Waals surface area contributed by atoms with Crippen LogP contribution in [0.4, 0.5) is 5.69 Å². The van der Waals surface area contributed by atoms with Crippen LogP contribution in [-0.4, -0.2) is 36.4 Å². The maximum atomic E-state index is 12.0. The fraction of sp³-hybridized carbons (Fsp3) is 0.458. The van der Waals surface area contributed by atoms with Gasteiger partial charge in [0.2, 0.25) is 0 Å². The van der Waals surface area contributed by atoms with Gasteiger partial charge in [-0.2, -0.15) is 0 Å². The average Bonchev–Trinajstić information content (AvgIpc) is 3.19. The summed E-state index contributed by atoms with van der Waals surface area (Å²) in [5, 5.41) is 10.6. The molecule has 3 rings (SSSR count). The molecule has 4 nitrogen and oxygen atoms in total. The second-order valence-corrected chi connectivity index (χ2v) is 10.4. The minimum atomic E-state index is -0.929. The summed E-state index contributed by atoms with van der Waals surface area (Å²) in [6.45, 7) is 10.3. The molecule has 30 heavy (non-hydrogen) atoms. The Labute approximate surface area is 187 Å². The van der Waals surface area contributed by atoms with Gasteiger partial charge in [-0.05, 0) is 58.4 Å². The van der Waals surface area contributed by atoms with Crippen LogP contribution in [0.5, 0.6) is 0 Å². The maximum absolute atomic E-state index is 12.0. The second-order valence-electron chi connectivity index (χ2n) is 8.90. The number of carboxylic acid groups (broad SMARTS) is 1. The van der Waals surface area contributed by atoms with Gasteiger partial charge < -0.3 is 14.7 Å². The first kappa shape index (κ1) is 22.7. The van der Waals surface area contributed by atoms with Gasteiger partial charge in [0.15, 0.2) is 0 Å². The first-order chi connectivity index (χ1) is 14.0. The molecule has 1 aromatic heterocycles. The average molecular weight is 446 g/mol. The SMILES string of the molecule is COC1C(c2ccc(Cl)cc2)C1N(c1cc(C#CC(C)(C)C)sc1C(=O)O)C(C)C. The predicted molar refractivity (Wildman–Crippen MR) is 124 cm³/mol. The van der Waals surface area contributed by atoms with Crippen molar-refractivity contribution < 1.29 is 14.6 Å². The highest BCUT2D eigenvalue weighted by Gasteiger charge is 2.56. The van der Waals surface area contributed by atoms with Gasteiger partial charge >= 0.3 is 5.97 Å². The van der Waals surface area contributed by atoms with Gasteiger partial charge in [0.05, 0.1) is 22.7 Å². The number of carboxylic acids is 1. The minimum absolute atomic E-state index is 0.0146. The van der Waals surface area contributed by atoms with E-state index in [9.17, 15) is 9.90 Å². The van der Waals surface area contributed by atoms with Crippen LogP contribution in [0, 0.1) is 17.3 Å². The van der Waals surface area contributed by atoms with Crippen molar-refractivity contribution in [3.8, 4) is 11.8 Å². The van der Waals surface area contributed by atoms with Gasteiger partial charge in [-0.1, -0.05) is 35.6 Å². The molecule has 0 spiro atoms. The van der Waals surface area contributed by atoms with Gasteiger partial charge in [-0.25, -0.2) is 4.79 Å². The molecule has 3 unspecified atom stereocenters. The van der Waals surface area contributed by atoms with Gasteiger partial charge in [-0.3, -0.25) is 0 Å². The highest BCUT2D eigenvalue weighted by molar-refractivity contribution is 7.15. The molecular formula is C24H28ClNO3S. The Hall–Kier alpha value is -2.00. The van der Waals surface area contributed by atoms with Crippen molar-refractivity contribution in [2.45, 2.75) is 58.7 Å². The topological polar surface area (TPSA) is 49.8 Å². The molecule has 0 bridgehead atoms. The summed E-state index contributed by atoms with van der Waals surface area (Å²) >= 11 is 7.29. The zero-order chi connectivity index (χ0) is 22.2. The van der Waals surface area contributed by atoms with Gasteiger partial charge in [-0.15, -0.1) is 11.3 Å². The number of hydrogen-bond acceptors (Lipinski definition) is 4. The molecule has 0 amide bonds. The Morgan fingerprint density at radius 1 is 1.27 bits per heavy atom. The standard InChI is InChI=1S/C24H28ClNO3S/c1-14(2)26(20-19(21(20)29-6)15-7-9-16(25)10-8-15)18-13-17(11-12-24(3,4)5)30-22(18)23(27)28/h7-10,13-14,19-21H,1-6H3,(H,27,28). The lowest BCUT2D eigenvalue weighted by Crippen LogP contribution is -2.36. The molecule has 1 heterocycles. The molecule has 160 valence electrons. The number of benzene rings is 1. The van der Waals surface area contributed by atoms with Crippen LogP contribution in [-0.2, 0) is 4.74 Å². The van der Waals surface area contributed by atoms with Crippen LogP contribution in [0.2, 0.25) is 5.02 Å². The van der Waals surface area contributed by atoms with Crippen molar-refractivity contribution >= 4 is 34.6 Å². The second kappa shape index (κ2) is 8.63.